The van der Waals surface area contributed by atoms with Gasteiger partial charge in [-0.25, -0.2) is 14.4 Å². The number of aromatic nitrogens is 2. The Morgan fingerprint density at radius 1 is 1.00 bits per heavy atom. The van der Waals surface area contributed by atoms with Crippen molar-refractivity contribution >= 4 is 11.7 Å². The lowest BCUT2D eigenvalue weighted by Gasteiger charge is -2.25. The molecule has 1 aromatic heterocycles. The second kappa shape index (κ2) is 6.67. The Morgan fingerprint density at radius 3 is 2.46 bits per heavy atom. The summed E-state index contributed by atoms with van der Waals surface area (Å²) in [6.45, 7) is 0. The smallest absolute Gasteiger partial charge is 0.220 e. The summed E-state index contributed by atoms with van der Waals surface area (Å²) in [5, 5.41) is 0. The number of nitrogens with zero attached hydrogens (tertiary/aromatic N) is 2. The Hall–Kier alpha value is -3.08. The van der Waals surface area contributed by atoms with Crippen molar-refractivity contribution in [2.75, 3.05) is 5.73 Å². The highest BCUT2D eigenvalue weighted by Gasteiger charge is 2.30. The van der Waals surface area contributed by atoms with Crippen LogP contribution >= 0.6 is 0 Å². The third-order valence-corrected chi connectivity index (χ3v) is 4.78. The fraction of sp³-hybridized carbons (Fsp3) is 0.190. The molecule has 130 valence electrons. The lowest BCUT2D eigenvalue weighted by atomic mass is 9.80. The number of fused-ring (bicyclic) bond motifs is 1. The van der Waals surface area contributed by atoms with Gasteiger partial charge in [0.2, 0.25) is 5.95 Å². The number of rotatable bonds is 3. The number of nitrogen functional groups attached to an aromatic ring is 1. The van der Waals surface area contributed by atoms with E-state index in [-0.39, 0.29) is 23.5 Å². The number of ketones is 1. The maximum absolute atomic E-state index is 13.1. The number of benzene rings is 2. The molecule has 2 N–H and O–H groups in total. The molecule has 0 fully saturated rings. The van der Waals surface area contributed by atoms with Crippen LogP contribution in [0.25, 0.3) is 0 Å². The summed E-state index contributed by atoms with van der Waals surface area (Å²) < 4.78 is 13.1. The van der Waals surface area contributed by atoms with Crippen molar-refractivity contribution < 1.29 is 9.18 Å². The fourth-order valence-corrected chi connectivity index (χ4v) is 3.57. The predicted octanol–water partition coefficient (Wildman–Crippen LogP) is 3.70. The average molecular weight is 347 g/mol. The van der Waals surface area contributed by atoms with Gasteiger partial charge in [-0.15, -0.1) is 0 Å². The first-order chi connectivity index (χ1) is 12.6. The van der Waals surface area contributed by atoms with Crippen molar-refractivity contribution in [3.05, 3.63) is 88.5 Å². The van der Waals surface area contributed by atoms with Crippen LogP contribution < -0.4 is 5.73 Å². The van der Waals surface area contributed by atoms with Gasteiger partial charge >= 0.3 is 0 Å². The molecule has 2 aromatic carbocycles. The Balaban J connectivity index is 1.70. The van der Waals surface area contributed by atoms with E-state index in [0.29, 0.717) is 36.2 Å². The summed E-state index contributed by atoms with van der Waals surface area (Å²) in [7, 11) is 0. The van der Waals surface area contributed by atoms with Gasteiger partial charge in [-0.3, -0.25) is 4.79 Å². The summed E-state index contributed by atoms with van der Waals surface area (Å²) >= 11 is 0. The standard InChI is InChI=1S/C21H18FN3O/c22-16-8-6-13(7-9-16)10-17-20-18(25-21(23)24-17)11-15(12-19(20)26)14-4-2-1-3-5-14/h1-9,15H,10-12H2,(H2,23,24,25). The van der Waals surface area contributed by atoms with E-state index in [1.807, 2.05) is 30.3 Å². The zero-order chi connectivity index (χ0) is 18.1. The molecule has 4 nitrogen and oxygen atoms in total. The van der Waals surface area contributed by atoms with Crippen LogP contribution in [0.4, 0.5) is 10.3 Å². The first-order valence-electron chi connectivity index (χ1n) is 8.58. The number of nitrogens with two attached hydrogens (primary N) is 1. The van der Waals surface area contributed by atoms with Gasteiger partial charge in [0.15, 0.2) is 5.78 Å². The van der Waals surface area contributed by atoms with Crippen molar-refractivity contribution in [1.82, 2.24) is 9.97 Å². The first kappa shape index (κ1) is 16.4. The molecule has 1 unspecified atom stereocenters. The zero-order valence-electron chi connectivity index (χ0n) is 14.2. The molecule has 1 atom stereocenters. The Morgan fingerprint density at radius 2 is 1.73 bits per heavy atom. The van der Waals surface area contributed by atoms with E-state index in [1.165, 1.54) is 12.1 Å². The molecule has 0 amide bonds. The Labute approximate surface area is 150 Å². The van der Waals surface area contributed by atoms with Crippen LogP contribution in [0.15, 0.2) is 54.6 Å². The number of anilines is 1. The lowest BCUT2D eigenvalue weighted by Crippen LogP contribution is -2.24. The van der Waals surface area contributed by atoms with Crippen molar-refractivity contribution in [2.24, 2.45) is 0 Å². The molecule has 1 aliphatic rings. The molecule has 0 saturated heterocycles. The van der Waals surface area contributed by atoms with E-state index < -0.39 is 0 Å². The number of carbonyl (C=O) groups is 1. The molecule has 0 bridgehead atoms. The van der Waals surface area contributed by atoms with Gasteiger partial charge in [-0.05, 0) is 35.6 Å². The van der Waals surface area contributed by atoms with Crippen molar-refractivity contribution in [3.63, 3.8) is 0 Å². The van der Waals surface area contributed by atoms with Gasteiger partial charge < -0.3 is 5.73 Å². The minimum Gasteiger partial charge on any atom is -0.368 e. The van der Waals surface area contributed by atoms with E-state index in [9.17, 15) is 9.18 Å². The highest BCUT2D eigenvalue weighted by molar-refractivity contribution is 6.00. The summed E-state index contributed by atoms with van der Waals surface area (Å²) in [5.41, 5.74) is 9.81. The average Bonchev–Trinajstić information content (AvgIpc) is 2.63. The molecule has 0 aliphatic heterocycles. The van der Waals surface area contributed by atoms with Gasteiger partial charge in [-0.1, -0.05) is 42.5 Å². The van der Waals surface area contributed by atoms with Gasteiger partial charge in [0.05, 0.1) is 17.0 Å². The number of Topliss-reactive ketones (excluding diaryl/α,β-unsaturated/α-hetero) is 1. The molecule has 1 heterocycles. The number of hydrogen-bond donors (Lipinski definition) is 1. The maximum Gasteiger partial charge on any atom is 0.220 e. The van der Waals surface area contributed by atoms with Crippen LogP contribution in [0.1, 0.15) is 45.2 Å². The number of halogens is 1. The highest BCUT2D eigenvalue weighted by Crippen LogP contribution is 2.33. The summed E-state index contributed by atoms with van der Waals surface area (Å²) in [6.07, 6.45) is 1.52. The van der Waals surface area contributed by atoms with E-state index in [1.54, 1.807) is 12.1 Å². The normalized spacial score (nSPS) is 16.3. The Kier molecular flexibility index (Phi) is 4.21. The molecule has 26 heavy (non-hydrogen) atoms. The topological polar surface area (TPSA) is 68.9 Å². The van der Waals surface area contributed by atoms with Crippen molar-refractivity contribution in [3.8, 4) is 0 Å². The molecule has 1 aliphatic carbocycles. The molecule has 3 aromatic rings. The van der Waals surface area contributed by atoms with Gasteiger partial charge in [0.1, 0.15) is 5.82 Å². The van der Waals surface area contributed by atoms with Crippen molar-refractivity contribution in [1.29, 1.82) is 0 Å². The third kappa shape index (κ3) is 3.20. The van der Waals surface area contributed by atoms with Crippen molar-refractivity contribution in [2.45, 2.75) is 25.2 Å². The van der Waals surface area contributed by atoms with E-state index in [4.69, 9.17) is 5.73 Å². The highest BCUT2D eigenvalue weighted by atomic mass is 19.1. The minimum absolute atomic E-state index is 0.0391. The van der Waals surface area contributed by atoms with Crippen LogP contribution in [-0.4, -0.2) is 15.8 Å². The molecule has 5 heteroatoms. The quantitative estimate of drug-likeness (QED) is 0.784. The lowest BCUT2D eigenvalue weighted by molar-refractivity contribution is 0.0961. The van der Waals surface area contributed by atoms with E-state index in [2.05, 4.69) is 9.97 Å². The van der Waals surface area contributed by atoms with Gasteiger partial charge in [0, 0.05) is 12.8 Å². The van der Waals surface area contributed by atoms with Gasteiger partial charge in [-0.2, -0.15) is 0 Å². The zero-order valence-corrected chi connectivity index (χ0v) is 14.2. The monoisotopic (exact) mass is 347 g/mol. The molecule has 0 spiro atoms. The van der Waals surface area contributed by atoms with E-state index in [0.717, 1.165) is 11.1 Å². The van der Waals surface area contributed by atoms with Crippen LogP contribution in [0, 0.1) is 5.82 Å². The van der Waals surface area contributed by atoms with Gasteiger partial charge in [0.25, 0.3) is 0 Å². The molecule has 0 saturated carbocycles. The van der Waals surface area contributed by atoms with Crippen LogP contribution in [-0.2, 0) is 12.8 Å². The predicted molar refractivity (Wildman–Crippen MR) is 97.5 cm³/mol. The second-order valence-electron chi connectivity index (χ2n) is 6.59. The number of hydrogen-bond acceptors (Lipinski definition) is 4. The van der Waals surface area contributed by atoms with Crippen LogP contribution in [0.3, 0.4) is 0 Å². The SMILES string of the molecule is Nc1nc(Cc2ccc(F)cc2)c2c(n1)CC(c1ccccc1)CC2=O. The van der Waals surface area contributed by atoms with E-state index >= 15 is 0 Å². The maximum atomic E-state index is 13.1. The molecular formula is C21H18FN3O. The fourth-order valence-electron chi connectivity index (χ4n) is 3.57. The number of carbonyl (C=O) groups excluding carboxylic acids is 1. The largest absolute Gasteiger partial charge is 0.368 e. The molecule has 4 rings (SSSR count). The summed E-state index contributed by atoms with van der Waals surface area (Å²) in [5.74, 6) is 0.0171. The molecular weight excluding hydrogens is 329 g/mol. The second-order valence-corrected chi connectivity index (χ2v) is 6.59. The molecule has 0 radical (unpaired) electrons. The third-order valence-electron chi connectivity index (χ3n) is 4.78. The summed E-state index contributed by atoms with van der Waals surface area (Å²) in [4.78, 5) is 21.5. The minimum atomic E-state index is -0.292. The van der Waals surface area contributed by atoms with Crippen LogP contribution in [0.5, 0.6) is 0 Å². The summed E-state index contributed by atoms with van der Waals surface area (Å²) in [6, 6.07) is 16.2. The van der Waals surface area contributed by atoms with Crippen LogP contribution in [0.2, 0.25) is 0 Å². The Bertz CT molecular complexity index is 955. The first-order valence-corrected chi connectivity index (χ1v) is 8.58.